The van der Waals surface area contributed by atoms with Gasteiger partial charge in [-0.3, -0.25) is 0 Å². The molecule has 6 aromatic carbocycles. The average molecular weight is 368 g/mol. The third-order valence-electron chi connectivity index (χ3n) is 6.19. The summed E-state index contributed by atoms with van der Waals surface area (Å²) in [4.78, 5) is 0. The minimum atomic E-state index is 1.25. The van der Waals surface area contributed by atoms with Crippen molar-refractivity contribution in [3.8, 4) is 22.3 Å². The second-order valence-electron chi connectivity index (χ2n) is 7.86. The molecule has 0 aliphatic carbocycles. The summed E-state index contributed by atoms with van der Waals surface area (Å²) in [5, 5.41) is 8.10. The van der Waals surface area contributed by atoms with Crippen LogP contribution in [0.3, 0.4) is 0 Å². The third kappa shape index (κ3) is 2.46. The summed E-state index contributed by atoms with van der Waals surface area (Å²) in [6, 6.07) is 37.6. The van der Waals surface area contributed by atoms with Gasteiger partial charge >= 0.3 is 0 Å². The summed E-state index contributed by atoms with van der Waals surface area (Å²) in [6.07, 6.45) is 0. The van der Waals surface area contributed by atoms with Crippen LogP contribution in [0.2, 0.25) is 0 Å². The lowest BCUT2D eigenvalue weighted by molar-refractivity contribution is 1.55. The van der Waals surface area contributed by atoms with Crippen LogP contribution in [0, 0.1) is 6.92 Å². The van der Waals surface area contributed by atoms with Crippen molar-refractivity contribution in [3.63, 3.8) is 0 Å². The van der Waals surface area contributed by atoms with Crippen molar-refractivity contribution < 1.29 is 0 Å². The van der Waals surface area contributed by atoms with E-state index in [1.807, 2.05) is 0 Å². The van der Waals surface area contributed by atoms with E-state index < -0.39 is 0 Å². The zero-order chi connectivity index (χ0) is 19.4. The Balaban J connectivity index is 1.59. The molecule has 0 N–H and O–H groups in total. The second-order valence-corrected chi connectivity index (χ2v) is 7.86. The van der Waals surface area contributed by atoms with Crippen molar-refractivity contribution in [2.24, 2.45) is 0 Å². The number of rotatable bonds is 2. The van der Waals surface area contributed by atoms with Gasteiger partial charge in [-0.2, -0.15) is 0 Å². The minimum absolute atomic E-state index is 1.25. The van der Waals surface area contributed by atoms with E-state index in [2.05, 4.69) is 110 Å². The van der Waals surface area contributed by atoms with E-state index >= 15 is 0 Å². The molecule has 0 bridgehead atoms. The van der Waals surface area contributed by atoms with Crippen LogP contribution in [0.15, 0.2) is 103 Å². The predicted molar refractivity (Wildman–Crippen MR) is 126 cm³/mol. The summed E-state index contributed by atoms with van der Waals surface area (Å²) >= 11 is 0. The fraction of sp³-hybridized carbons (Fsp3) is 0.0345. The molecule has 0 nitrogen and oxygen atoms in total. The van der Waals surface area contributed by atoms with Gasteiger partial charge in [0.1, 0.15) is 0 Å². The van der Waals surface area contributed by atoms with Crippen LogP contribution in [0.4, 0.5) is 0 Å². The van der Waals surface area contributed by atoms with Crippen LogP contribution < -0.4 is 0 Å². The topological polar surface area (TPSA) is 0 Å². The summed E-state index contributed by atoms with van der Waals surface area (Å²) in [5.74, 6) is 0. The number of hydrogen-bond acceptors (Lipinski definition) is 0. The molecule has 0 amide bonds. The summed E-state index contributed by atoms with van der Waals surface area (Å²) in [5.41, 5.74) is 6.41. The number of benzene rings is 6. The maximum absolute atomic E-state index is 2.29. The van der Waals surface area contributed by atoms with E-state index in [0.717, 1.165) is 0 Å². The normalized spacial score (nSPS) is 11.6. The molecular weight excluding hydrogens is 348 g/mol. The second kappa shape index (κ2) is 6.18. The fourth-order valence-corrected chi connectivity index (χ4v) is 4.67. The molecule has 0 atom stereocenters. The predicted octanol–water partition coefficient (Wildman–Crippen LogP) is 8.23. The van der Waals surface area contributed by atoms with Crippen molar-refractivity contribution in [3.05, 3.63) is 109 Å². The van der Waals surface area contributed by atoms with Crippen LogP contribution in [-0.2, 0) is 0 Å². The molecule has 136 valence electrons. The standard InChI is InChI=1S/C29H20/c1-19-7-8-23-15-18-27-26(17-14-24-13-16-25(19)28(23)29(24)27)22-11-9-21(10-12-22)20-5-3-2-4-6-20/h2-18H,1H3. The first-order chi connectivity index (χ1) is 14.3. The van der Waals surface area contributed by atoms with Crippen molar-refractivity contribution in [1.82, 2.24) is 0 Å². The molecule has 0 heterocycles. The lowest BCUT2D eigenvalue weighted by atomic mass is 9.88. The van der Waals surface area contributed by atoms with Gasteiger partial charge in [0.15, 0.2) is 0 Å². The lowest BCUT2D eigenvalue weighted by Gasteiger charge is -2.15. The zero-order valence-electron chi connectivity index (χ0n) is 16.3. The van der Waals surface area contributed by atoms with Gasteiger partial charge in [-0.25, -0.2) is 0 Å². The fourth-order valence-electron chi connectivity index (χ4n) is 4.67. The van der Waals surface area contributed by atoms with E-state index in [-0.39, 0.29) is 0 Å². The molecule has 0 aliphatic rings. The minimum Gasteiger partial charge on any atom is -0.0622 e. The van der Waals surface area contributed by atoms with Gasteiger partial charge in [0, 0.05) is 0 Å². The van der Waals surface area contributed by atoms with E-state index in [0.29, 0.717) is 0 Å². The lowest BCUT2D eigenvalue weighted by Crippen LogP contribution is -1.88. The van der Waals surface area contributed by atoms with Crippen molar-refractivity contribution in [2.45, 2.75) is 6.92 Å². The molecule has 0 unspecified atom stereocenters. The van der Waals surface area contributed by atoms with E-state index in [1.54, 1.807) is 0 Å². The summed E-state index contributed by atoms with van der Waals surface area (Å²) < 4.78 is 0. The van der Waals surface area contributed by atoms with Crippen molar-refractivity contribution in [1.29, 1.82) is 0 Å². The van der Waals surface area contributed by atoms with Crippen LogP contribution in [0.5, 0.6) is 0 Å². The van der Waals surface area contributed by atoms with E-state index in [4.69, 9.17) is 0 Å². The first-order valence-corrected chi connectivity index (χ1v) is 10.1. The van der Waals surface area contributed by atoms with Gasteiger partial charge in [-0.15, -0.1) is 0 Å². The van der Waals surface area contributed by atoms with Crippen LogP contribution in [0.1, 0.15) is 5.56 Å². The Morgan fingerprint density at radius 3 is 1.72 bits per heavy atom. The molecule has 0 heteroatoms. The number of aryl methyl sites for hydroxylation is 1. The molecule has 0 aliphatic heterocycles. The molecular formula is C29H20. The highest BCUT2D eigenvalue weighted by Gasteiger charge is 2.13. The molecule has 0 radical (unpaired) electrons. The third-order valence-corrected chi connectivity index (χ3v) is 6.19. The summed E-state index contributed by atoms with van der Waals surface area (Å²) in [7, 11) is 0. The zero-order valence-corrected chi connectivity index (χ0v) is 16.3. The van der Waals surface area contributed by atoms with Crippen LogP contribution in [0.25, 0.3) is 54.6 Å². The average Bonchev–Trinajstić information content (AvgIpc) is 2.79. The van der Waals surface area contributed by atoms with Gasteiger partial charge in [0.25, 0.3) is 0 Å². The maximum atomic E-state index is 2.29. The van der Waals surface area contributed by atoms with Gasteiger partial charge in [-0.05, 0) is 67.1 Å². The van der Waals surface area contributed by atoms with E-state index in [9.17, 15) is 0 Å². The molecule has 6 rings (SSSR count). The molecule has 0 spiro atoms. The molecule has 0 saturated heterocycles. The SMILES string of the molecule is Cc1ccc2ccc3c(-c4ccc(-c5ccccc5)cc4)ccc4ccc1c2c43. The van der Waals surface area contributed by atoms with Crippen LogP contribution >= 0.6 is 0 Å². The van der Waals surface area contributed by atoms with Crippen molar-refractivity contribution >= 4 is 32.3 Å². The van der Waals surface area contributed by atoms with Gasteiger partial charge < -0.3 is 0 Å². The van der Waals surface area contributed by atoms with Gasteiger partial charge in [0.05, 0.1) is 0 Å². The highest BCUT2D eigenvalue weighted by Crippen LogP contribution is 2.40. The Bertz CT molecular complexity index is 1470. The van der Waals surface area contributed by atoms with Crippen LogP contribution in [-0.4, -0.2) is 0 Å². The molecule has 0 fully saturated rings. The smallest absolute Gasteiger partial charge is 0.00205 e. The molecule has 6 aromatic rings. The monoisotopic (exact) mass is 368 g/mol. The Labute approximate surface area is 170 Å². The van der Waals surface area contributed by atoms with Gasteiger partial charge in [-0.1, -0.05) is 103 Å². The Hall–Kier alpha value is -3.64. The highest BCUT2D eigenvalue weighted by molar-refractivity contribution is 6.25. The first-order valence-electron chi connectivity index (χ1n) is 10.1. The molecule has 0 saturated carbocycles. The highest BCUT2D eigenvalue weighted by atomic mass is 14.2. The first kappa shape index (κ1) is 16.3. The van der Waals surface area contributed by atoms with Gasteiger partial charge in [0.2, 0.25) is 0 Å². The number of hydrogen-bond donors (Lipinski definition) is 0. The Morgan fingerprint density at radius 2 is 0.966 bits per heavy atom. The Kier molecular flexibility index (Phi) is 3.48. The van der Waals surface area contributed by atoms with Crippen molar-refractivity contribution in [2.75, 3.05) is 0 Å². The molecule has 0 aromatic heterocycles. The molecule has 29 heavy (non-hydrogen) atoms. The largest absolute Gasteiger partial charge is 0.0622 e. The summed E-state index contributed by atoms with van der Waals surface area (Å²) in [6.45, 7) is 2.20. The maximum Gasteiger partial charge on any atom is -0.00205 e. The van der Waals surface area contributed by atoms with E-state index in [1.165, 1.54) is 60.1 Å². The Morgan fingerprint density at radius 1 is 0.414 bits per heavy atom. The quantitative estimate of drug-likeness (QED) is 0.270.